The monoisotopic (exact) mass is 211 g/mol. The fourth-order valence-corrected chi connectivity index (χ4v) is 1.87. The second-order valence-electron chi connectivity index (χ2n) is 2.59. The number of methoxy groups -OCH3 is 1. The fourth-order valence-electron chi connectivity index (χ4n) is 1.13. The highest BCUT2D eigenvalue weighted by Crippen LogP contribution is 2.32. The number of aliphatic hydroxyl groups is 1. The lowest BCUT2D eigenvalue weighted by atomic mass is 10.3. The van der Waals surface area contributed by atoms with E-state index in [4.69, 9.17) is 14.3 Å². The summed E-state index contributed by atoms with van der Waals surface area (Å²) in [4.78, 5) is 4.93. The van der Waals surface area contributed by atoms with E-state index >= 15 is 0 Å². The van der Waals surface area contributed by atoms with Crippen molar-refractivity contribution < 1.29 is 14.3 Å². The van der Waals surface area contributed by atoms with Crippen molar-refractivity contribution in [3.05, 3.63) is 23.3 Å². The highest BCUT2D eigenvalue weighted by Gasteiger charge is 2.14. The van der Waals surface area contributed by atoms with E-state index in [0.717, 1.165) is 4.88 Å². The van der Waals surface area contributed by atoms with Gasteiger partial charge < -0.3 is 14.3 Å². The van der Waals surface area contributed by atoms with Gasteiger partial charge in [-0.05, 0) is 12.1 Å². The predicted octanol–water partition coefficient (Wildman–Crippen LogP) is 1.90. The summed E-state index contributed by atoms with van der Waals surface area (Å²) in [6.07, 6.45) is 1.57. The molecule has 0 saturated carbocycles. The van der Waals surface area contributed by atoms with Crippen molar-refractivity contribution in [3.63, 3.8) is 0 Å². The molecule has 0 bridgehead atoms. The van der Waals surface area contributed by atoms with Crippen LogP contribution in [-0.4, -0.2) is 17.2 Å². The maximum Gasteiger partial charge on any atom is 0.273 e. The first kappa shape index (κ1) is 9.23. The summed E-state index contributed by atoms with van der Waals surface area (Å²) < 4.78 is 10.2. The third-order valence-electron chi connectivity index (χ3n) is 1.75. The molecule has 0 spiro atoms. The van der Waals surface area contributed by atoms with Crippen molar-refractivity contribution in [3.8, 4) is 16.6 Å². The second kappa shape index (κ2) is 3.81. The Morgan fingerprint density at radius 2 is 2.50 bits per heavy atom. The maximum absolute atomic E-state index is 9.10. The second-order valence-corrected chi connectivity index (χ2v) is 3.64. The molecule has 0 unspecified atom stereocenters. The highest BCUT2D eigenvalue weighted by atomic mass is 32.1. The molecule has 0 aliphatic carbocycles. The summed E-state index contributed by atoms with van der Waals surface area (Å²) in [5.74, 6) is 0.647. The number of rotatable bonds is 3. The summed E-state index contributed by atoms with van der Waals surface area (Å²) in [6.45, 7) is -0.0585. The zero-order valence-electron chi connectivity index (χ0n) is 7.56. The van der Waals surface area contributed by atoms with Gasteiger partial charge in [0.1, 0.15) is 5.69 Å². The SMILES string of the molecule is COc1nc(-c2ccco2)c(CO)s1. The van der Waals surface area contributed by atoms with Crippen LogP contribution in [0.3, 0.4) is 0 Å². The number of aliphatic hydroxyl groups excluding tert-OH is 1. The van der Waals surface area contributed by atoms with Gasteiger partial charge in [0.2, 0.25) is 0 Å². The molecule has 0 aliphatic heterocycles. The average Bonchev–Trinajstić information content (AvgIpc) is 2.85. The summed E-state index contributed by atoms with van der Waals surface area (Å²) in [6, 6.07) is 3.58. The summed E-state index contributed by atoms with van der Waals surface area (Å²) in [5.41, 5.74) is 0.652. The Morgan fingerprint density at radius 3 is 3.07 bits per heavy atom. The molecule has 0 saturated heterocycles. The topological polar surface area (TPSA) is 55.5 Å². The Hall–Kier alpha value is -1.33. The van der Waals surface area contributed by atoms with Gasteiger partial charge in [-0.3, -0.25) is 0 Å². The van der Waals surface area contributed by atoms with Crippen molar-refractivity contribution in [1.82, 2.24) is 4.98 Å². The zero-order chi connectivity index (χ0) is 9.97. The van der Waals surface area contributed by atoms with Crippen LogP contribution < -0.4 is 4.74 Å². The molecule has 1 N–H and O–H groups in total. The summed E-state index contributed by atoms with van der Waals surface area (Å²) in [5, 5.41) is 9.63. The predicted molar refractivity (Wildman–Crippen MR) is 52.3 cm³/mol. The lowest BCUT2D eigenvalue weighted by molar-refractivity contribution is 0.285. The molecule has 14 heavy (non-hydrogen) atoms. The van der Waals surface area contributed by atoms with E-state index in [-0.39, 0.29) is 6.61 Å². The van der Waals surface area contributed by atoms with E-state index in [2.05, 4.69) is 4.98 Å². The summed E-state index contributed by atoms with van der Waals surface area (Å²) in [7, 11) is 1.55. The van der Waals surface area contributed by atoms with Gasteiger partial charge in [-0.2, -0.15) is 4.98 Å². The Balaban J connectivity index is 2.46. The van der Waals surface area contributed by atoms with Crippen LogP contribution in [0.4, 0.5) is 0 Å². The number of thiazole rings is 1. The van der Waals surface area contributed by atoms with Gasteiger partial charge in [0, 0.05) is 0 Å². The van der Waals surface area contributed by atoms with E-state index in [1.54, 1.807) is 25.5 Å². The van der Waals surface area contributed by atoms with Crippen molar-refractivity contribution in [2.45, 2.75) is 6.61 Å². The van der Waals surface area contributed by atoms with E-state index < -0.39 is 0 Å². The van der Waals surface area contributed by atoms with E-state index in [0.29, 0.717) is 16.6 Å². The molecule has 0 radical (unpaired) electrons. The largest absolute Gasteiger partial charge is 0.473 e. The number of hydrogen-bond acceptors (Lipinski definition) is 5. The quantitative estimate of drug-likeness (QED) is 0.842. The maximum atomic E-state index is 9.10. The van der Waals surface area contributed by atoms with Crippen molar-refractivity contribution in [1.29, 1.82) is 0 Å². The normalized spacial score (nSPS) is 10.4. The lowest BCUT2D eigenvalue weighted by Gasteiger charge is -1.92. The lowest BCUT2D eigenvalue weighted by Crippen LogP contribution is -1.83. The molecule has 0 aliphatic rings. The number of ether oxygens (including phenoxy) is 1. The number of aromatic nitrogens is 1. The van der Waals surface area contributed by atoms with E-state index in [1.165, 1.54) is 11.3 Å². The minimum atomic E-state index is -0.0585. The molecule has 0 amide bonds. The van der Waals surface area contributed by atoms with Crippen molar-refractivity contribution in [2.75, 3.05) is 7.11 Å². The minimum absolute atomic E-state index is 0.0585. The average molecular weight is 211 g/mol. The molecule has 2 rings (SSSR count). The highest BCUT2D eigenvalue weighted by molar-refractivity contribution is 7.13. The number of hydrogen-bond donors (Lipinski definition) is 1. The molecule has 74 valence electrons. The van der Waals surface area contributed by atoms with Crippen LogP contribution in [0.1, 0.15) is 4.88 Å². The zero-order valence-corrected chi connectivity index (χ0v) is 8.37. The van der Waals surface area contributed by atoms with Crippen molar-refractivity contribution >= 4 is 11.3 Å². The molecular weight excluding hydrogens is 202 g/mol. The smallest absolute Gasteiger partial charge is 0.273 e. The van der Waals surface area contributed by atoms with Crippen LogP contribution in [0, 0.1) is 0 Å². The van der Waals surface area contributed by atoms with Crippen LogP contribution in [0.25, 0.3) is 11.5 Å². The molecule has 5 heteroatoms. The molecule has 2 aromatic heterocycles. The van der Waals surface area contributed by atoms with E-state index in [1.807, 2.05) is 0 Å². The van der Waals surface area contributed by atoms with Gasteiger partial charge in [-0.1, -0.05) is 11.3 Å². The summed E-state index contributed by atoms with van der Waals surface area (Å²) >= 11 is 1.31. The molecule has 0 aromatic carbocycles. The Bertz CT molecular complexity index is 408. The van der Waals surface area contributed by atoms with Gasteiger partial charge >= 0.3 is 0 Å². The molecule has 2 heterocycles. The van der Waals surface area contributed by atoms with E-state index in [9.17, 15) is 0 Å². The first-order valence-electron chi connectivity index (χ1n) is 4.03. The van der Waals surface area contributed by atoms with Crippen molar-refractivity contribution in [2.24, 2.45) is 0 Å². The van der Waals surface area contributed by atoms with Crippen LogP contribution in [0.15, 0.2) is 22.8 Å². The Labute approximate surface area is 84.8 Å². The van der Waals surface area contributed by atoms with Crippen LogP contribution >= 0.6 is 11.3 Å². The first-order chi connectivity index (χ1) is 6.85. The van der Waals surface area contributed by atoms with Crippen LogP contribution in [0.5, 0.6) is 5.19 Å². The Morgan fingerprint density at radius 1 is 1.64 bits per heavy atom. The Kier molecular flexibility index (Phi) is 2.51. The van der Waals surface area contributed by atoms with Gasteiger partial charge in [-0.15, -0.1) is 0 Å². The number of nitrogens with zero attached hydrogens (tertiary/aromatic N) is 1. The van der Waals surface area contributed by atoms with Gasteiger partial charge in [0.25, 0.3) is 5.19 Å². The minimum Gasteiger partial charge on any atom is -0.473 e. The molecule has 0 atom stereocenters. The molecular formula is C9H9NO3S. The third-order valence-corrected chi connectivity index (χ3v) is 2.75. The third kappa shape index (κ3) is 1.51. The van der Waals surface area contributed by atoms with Gasteiger partial charge in [0.05, 0.1) is 24.9 Å². The standard InChI is InChI=1S/C9H9NO3S/c1-12-9-10-8(7(5-11)14-9)6-3-2-4-13-6/h2-4,11H,5H2,1H3. The van der Waals surface area contributed by atoms with Gasteiger partial charge in [-0.25, -0.2) is 0 Å². The van der Waals surface area contributed by atoms with Crippen LogP contribution in [-0.2, 0) is 6.61 Å². The molecule has 2 aromatic rings. The fraction of sp³-hybridized carbons (Fsp3) is 0.222. The van der Waals surface area contributed by atoms with Crippen LogP contribution in [0.2, 0.25) is 0 Å². The first-order valence-corrected chi connectivity index (χ1v) is 4.85. The molecule has 4 nitrogen and oxygen atoms in total. The van der Waals surface area contributed by atoms with Gasteiger partial charge in [0.15, 0.2) is 5.76 Å². The molecule has 0 fully saturated rings. The number of furan rings is 1.